The van der Waals surface area contributed by atoms with Crippen molar-refractivity contribution in [1.29, 1.82) is 0 Å². The highest BCUT2D eigenvalue weighted by atomic mass is 16.5. The summed E-state index contributed by atoms with van der Waals surface area (Å²) in [5, 5.41) is 38.5. The molecule has 10 nitrogen and oxygen atoms in total. The summed E-state index contributed by atoms with van der Waals surface area (Å²) >= 11 is 0. The number of anilines is 2. The molecule has 5 N–H and O–H groups in total. The summed E-state index contributed by atoms with van der Waals surface area (Å²) in [6.45, 7) is 10.1. The topological polar surface area (TPSA) is 146 Å². The Kier molecular flexibility index (Phi) is 7.93. The molecule has 0 aliphatic heterocycles. The van der Waals surface area contributed by atoms with Crippen LogP contribution in [-0.4, -0.2) is 61.7 Å². The van der Waals surface area contributed by atoms with Crippen molar-refractivity contribution >= 4 is 22.7 Å². The fourth-order valence-electron chi connectivity index (χ4n) is 5.53. The minimum Gasteiger partial charge on any atom is -0.478 e. The van der Waals surface area contributed by atoms with Crippen LogP contribution >= 0.6 is 0 Å². The number of aryl methyl sites for hydroxylation is 3. The second kappa shape index (κ2) is 11.4. The second-order valence-corrected chi connectivity index (χ2v) is 10.5. The van der Waals surface area contributed by atoms with Crippen molar-refractivity contribution in [3.05, 3.63) is 58.9 Å². The SMILES string of the molecule is CCOc1cc2cc(-c3c(C)nc(N[C@H](C)c4ccccc4C)nc3N[C@@H]3C[C@H](CO)[C@@H](O)[C@H]3O)oc2c(C)n1. The van der Waals surface area contributed by atoms with E-state index in [1.54, 1.807) is 0 Å². The lowest BCUT2D eigenvalue weighted by Crippen LogP contribution is -2.35. The second-order valence-electron chi connectivity index (χ2n) is 10.5. The quantitative estimate of drug-likeness (QED) is 0.206. The first kappa shape index (κ1) is 27.8. The molecule has 5 atom stereocenters. The molecule has 1 aliphatic rings. The number of furan rings is 1. The standard InChI is InChI=1S/C30H37N5O5/c1-6-39-24-13-19-12-23(40-28(19)18(5)31-24)25-17(4)33-30(32-16(3)21-10-8-7-9-15(21)2)35-29(25)34-22-11-20(14-36)26(37)27(22)38/h7-10,12-13,16,20,22,26-27,36-38H,6,11,14H2,1-5H3,(H2,32,33,34,35)/t16-,20-,22-,26-,27+/m1/s1. The van der Waals surface area contributed by atoms with Crippen LogP contribution in [0.3, 0.4) is 0 Å². The van der Waals surface area contributed by atoms with Gasteiger partial charge < -0.3 is 35.1 Å². The third-order valence-corrected chi connectivity index (χ3v) is 7.63. The predicted molar refractivity (Wildman–Crippen MR) is 154 cm³/mol. The number of hydrogen-bond acceptors (Lipinski definition) is 10. The zero-order valence-electron chi connectivity index (χ0n) is 23.5. The summed E-state index contributed by atoms with van der Waals surface area (Å²) in [6, 6.07) is 11.3. The van der Waals surface area contributed by atoms with E-state index in [1.807, 2.05) is 45.0 Å². The van der Waals surface area contributed by atoms with Gasteiger partial charge in [0.25, 0.3) is 0 Å². The Morgan fingerprint density at radius 3 is 2.52 bits per heavy atom. The van der Waals surface area contributed by atoms with Crippen molar-refractivity contribution in [3.63, 3.8) is 0 Å². The Hall–Kier alpha value is -3.73. The number of nitrogens with zero attached hydrogens (tertiary/aromatic N) is 3. The van der Waals surface area contributed by atoms with Crippen LogP contribution in [0.4, 0.5) is 11.8 Å². The van der Waals surface area contributed by atoms with Gasteiger partial charge in [-0.15, -0.1) is 0 Å². The van der Waals surface area contributed by atoms with Crippen molar-refractivity contribution in [2.24, 2.45) is 5.92 Å². The van der Waals surface area contributed by atoms with Gasteiger partial charge in [-0.05, 0) is 58.2 Å². The van der Waals surface area contributed by atoms with E-state index in [0.717, 1.165) is 16.5 Å². The van der Waals surface area contributed by atoms with E-state index in [2.05, 4.69) is 41.6 Å². The average molecular weight is 548 g/mol. The summed E-state index contributed by atoms with van der Waals surface area (Å²) in [4.78, 5) is 14.1. The number of ether oxygens (including phenoxy) is 1. The molecule has 0 amide bonds. The van der Waals surface area contributed by atoms with E-state index in [0.29, 0.717) is 59.0 Å². The summed E-state index contributed by atoms with van der Waals surface area (Å²) < 4.78 is 11.9. The minimum absolute atomic E-state index is 0.0612. The first-order chi connectivity index (χ1) is 19.2. The molecule has 0 bridgehead atoms. The third-order valence-electron chi connectivity index (χ3n) is 7.63. The third kappa shape index (κ3) is 5.34. The number of aliphatic hydroxyl groups is 3. The molecule has 5 rings (SSSR count). The number of aliphatic hydroxyl groups excluding tert-OH is 3. The fraction of sp³-hybridized carbons (Fsp3) is 0.433. The Morgan fingerprint density at radius 1 is 1.05 bits per heavy atom. The maximum atomic E-state index is 10.7. The summed E-state index contributed by atoms with van der Waals surface area (Å²) in [5.74, 6) is 1.50. The van der Waals surface area contributed by atoms with Gasteiger partial charge in [0.1, 0.15) is 17.7 Å². The monoisotopic (exact) mass is 547 g/mol. The van der Waals surface area contributed by atoms with E-state index in [1.165, 1.54) is 0 Å². The molecule has 10 heteroatoms. The molecule has 3 aromatic heterocycles. The lowest BCUT2D eigenvalue weighted by molar-refractivity contribution is 0.00446. The summed E-state index contributed by atoms with van der Waals surface area (Å²) in [7, 11) is 0. The fourth-order valence-corrected chi connectivity index (χ4v) is 5.53. The molecule has 0 saturated heterocycles. The van der Waals surface area contributed by atoms with Gasteiger partial charge in [0.05, 0.1) is 41.7 Å². The average Bonchev–Trinajstić information content (AvgIpc) is 3.45. The van der Waals surface area contributed by atoms with E-state index in [-0.39, 0.29) is 12.6 Å². The molecule has 3 heterocycles. The highest BCUT2D eigenvalue weighted by molar-refractivity contribution is 5.88. The Labute approximate surface area is 233 Å². The number of fused-ring (bicyclic) bond motifs is 1. The van der Waals surface area contributed by atoms with Crippen LogP contribution in [-0.2, 0) is 0 Å². The maximum absolute atomic E-state index is 10.7. The van der Waals surface area contributed by atoms with Gasteiger partial charge >= 0.3 is 0 Å². The Bertz CT molecular complexity index is 1510. The van der Waals surface area contributed by atoms with E-state index in [9.17, 15) is 15.3 Å². The molecule has 0 radical (unpaired) electrons. The lowest BCUT2D eigenvalue weighted by Gasteiger charge is -2.22. The number of pyridine rings is 1. The normalized spacial score (nSPS) is 21.5. The number of aromatic nitrogens is 3. The number of benzene rings is 1. The van der Waals surface area contributed by atoms with Gasteiger partial charge in [0.2, 0.25) is 11.8 Å². The van der Waals surface area contributed by atoms with Crippen molar-refractivity contribution in [1.82, 2.24) is 15.0 Å². The van der Waals surface area contributed by atoms with Gasteiger partial charge in [-0.2, -0.15) is 4.98 Å². The Morgan fingerprint density at radius 2 is 1.82 bits per heavy atom. The van der Waals surface area contributed by atoms with Crippen LogP contribution < -0.4 is 15.4 Å². The first-order valence-corrected chi connectivity index (χ1v) is 13.7. The van der Waals surface area contributed by atoms with Crippen LogP contribution in [0.5, 0.6) is 5.88 Å². The van der Waals surface area contributed by atoms with Crippen molar-refractivity contribution in [2.45, 2.75) is 65.3 Å². The van der Waals surface area contributed by atoms with Crippen molar-refractivity contribution in [2.75, 3.05) is 23.8 Å². The van der Waals surface area contributed by atoms with E-state index < -0.39 is 24.2 Å². The van der Waals surface area contributed by atoms with Gasteiger partial charge in [-0.25, -0.2) is 9.97 Å². The summed E-state index contributed by atoms with van der Waals surface area (Å²) in [5.41, 5.74) is 4.93. The molecular formula is C30H37N5O5. The lowest BCUT2D eigenvalue weighted by atomic mass is 10.0. The molecule has 1 fully saturated rings. The number of nitrogens with one attached hydrogen (secondary N) is 2. The maximum Gasteiger partial charge on any atom is 0.225 e. The van der Waals surface area contributed by atoms with Crippen LogP contribution in [0.1, 0.15) is 48.8 Å². The molecule has 1 saturated carbocycles. The zero-order chi connectivity index (χ0) is 28.6. The highest BCUT2D eigenvalue weighted by Crippen LogP contribution is 2.38. The predicted octanol–water partition coefficient (Wildman–Crippen LogP) is 4.30. The molecule has 4 aromatic rings. The summed E-state index contributed by atoms with van der Waals surface area (Å²) in [6.07, 6.45) is -1.73. The van der Waals surface area contributed by atoms with Crippen LogP contribution in [0.2, 0.25) is 0 Å². The van der Waals surface area contributed by atoms with Crippen LogP contribution in [0.25, 0.3) is 22.3 Å². The van der Waals surface area contributed by atoms with Crippen LogP contribution in [0.15, 0.2) is 40.8 Å². The van der Waals surface area contributed by atoms with Crippen molar-refractivity contribution < 1.29 is 24.5 Å². The van der Waals surface area contributed by atoms with Gasteiger partial charge in [-0.1, -0.05) is 24.3 Å². The smallest absolute Gasteiger partial charge is 0.225 e. The van der Waals surface area contributed by atoms with E-state index >= 15 is 0 Å². The Balaban J connectivity index is 1.57. The van der Waals surface area contributed by atoms with Gasteiger partial charge in [0.15, 0.2) is 5.58 Å². The minimum atomic E-state index is -1.07. The molecule has 1 aromatic carbocycles. The zero-order valence-corrected chi connectivity index (χ0v) is 23.5. The van der Waals surface area contributed by atoms with E-state index in [4.69, 9.17) is 19.1 Å². The highest BCUT2D eigenvalue weighted by Gasteiger charge is 2.41. The number of rotatable bonds is 9. The molecule has 212 valence electrons. The molecule has 0 spiro atoms. The number of hydrogen-bond donors (Lipinski definition) is 5. The first-order valence-electron chi connectivity index (χ1n) is 13.7. The van der Waals surface area contributed by atoms with Crippen molar-refractivity contribution in [3.8, 4) is 17.2 Å². The molecular weight excluding hydrogens is 510 g/mol. The van der Waals surface area contributed by atoms with Gasteiger partial charge in [0, 0.05) is 24.0 Å². The molecule has 40 heavy (non-hydrogen) atoms. The van der Waals surface area contributed by atoms with Gasteiger partial charge in [-0.3, -0.25) is 0 Å². The van der Waals surface area contributed by atoms with Crippen LogP contribution in [0, 0.1) is 26.7 Å². The molecule has 1 aliphatic carbocycles. The molecule has 0 unspecified atom stereocenters. The largest absolute Gasteiger partial charge is 0.478 e.